The van der Waals surface area contributed by atoms with Gasteiger partial charge in [0.05, 0.1) is 26.2 Å². The van der Waals surface area contributed by atoms with Crippen molar-refractivity contribution in [1.29, 1.82) is 0 Å². The molecule has 0 aliphatic rings. The fraction of sp³-hybridized carbons (Fsp3) is 0.900. The number of ether oxygens (including phenoxy) is 1. The molecule has 1 N–H and O–H groups in total. The number of hydrogen-bond acceptors (Lipinski definition) is 7. The van der Waals surface area contributed by atoms with Crippen molar-refractivity contribution in [2.45, 2.75) is 38.3 Å². The second-order valence-corrected chi connectivity index (χ2v) is 10.0. The molecular weight excluding hydrogens is 352 g/mol. The van der Waals surface area contributed by atoms with Gasteiger partial charge in [-0.05, 0) is 44.0 Å². The van der Waals surface area contributed by atoms with Crippen LogP contribution < -0.4 is 0 Å². The summed E-state index contributed by atoms with van der Waals surface area (Å²) < 4.78 is 53.9. The van der Waals surface area contributed by atoms with Crippen LogP contribution in [0.15, 0.2) is 0 Å². The number of alkyl halides is 3. The van der Waals surface area contributed by atoms with Crippen LogP contribution in [-0.2, 0) is 30.4 Å². The van der Waals surface area contributed by atoms with Gasteiger partial charge in [0, 0.05) is 0 Å². The van der Waals surface area contributed by atoms with Crippen LogP contribution in [0.5, 0.6) is 0 Å². The van der Waals surface area contributed by atoms with E-state index in [1.807, 2.05) is 0 Å². The van der Waals surface area contributed by atoms with Gasteiger partial charge >= 0.3 is 12.1 Å². The Bertz CT molecular complexity index is 383. The molecule has 11 heteroatoms. The molecule has 0 aromatic carbocycles. The molecule has 0 spiro atoms. The lowest BCUT2D eigenvalue weighted by Gasteiger charge is -2.33. The number of carbonyl (C=O) groups is 1. The van der Waals surface area contributed by atoms with E-state index in [2.05, 4.69) is 4.74 Å². The topological polar surface area (TPSA) is 65.0 Å². The van der Waals surface area contributed by atoms with Gasteiger partial charge in [-0.15, -0.1) is 0 Å². The first kappa shape index (κ1) is 21.1. The minimum Gasteiger partial charge on any atom is -0.466 e. The number of hydrogen-bond donors (Lipinski definition) is 1. The molecule has 21 heavy (non-hydrogen) atoms. The Hall–Kier alpha value is 0.140. The van der Waals surface area contributed by atoms with Crippen LogP contribution in [-0.4, -0.2) is 42.0 Å². The van der Waals surface area contributed by atoms with Gasteiger partial charge in [-0.2, -0.15) is 13.2 Å². The minimum atomic E-state index is -5.09. The van der Waals surface area contributed by atoms with Gasteiger partial charge in [0.1, 0.15) is 0 Å². The third-order valence-corrected chi connectivity index (χ3v) is 7.53. The Morgan fingerprint density at radius 3 is 2.00 bits per heavy atom. The Morgan fingerprint density at radius 1 is 1.19 bits per heavy atom. The maximum atomic E-state index is 13.1. The molecule has 0 heterocycles. The normalized spacial score (nSPS) is 15.6. The summed E-state index contributed by atoms with van der Waals surface area (Å²) in [7, 11) is 0. The summed E-state index contributed by atoms with van der Waals surface area (Å²) in [5.41, 5.74) is -3.44. The van der Waals surface area contributed by atoms with Crippen LogP contribution in [0.2, 0.25) is 0 Å². The number of esters is 1. The average Bonchev–Trinajstić information content (AvgIpc) is 2.27. The van der Waals surface area contributed by atoms with E-state index in [0.29, 0.717) is 0 Å². The van der Waals surface area contributed by atoms with Crippen LogP contribution in [0.3, 0.4) is 0 Å². The summed E-state index contributed by atoms with van der Waals surface area (Å²) >= 11 is 4.87. The first-order valence-corrected chi connectivity index (χ1v) is 10.1. The second-order valence-electron chi connectivity index (χ2n) is 3.64. The van der Waals surface area contributed by atoms with E-state index in [9.17, 15) is 23.1 Å². The third-order valence-electron chi connectivity index (χ3n) is 1.97. The van der Waals surface area contributed by atoms with Crippen molar-refractivity contribution in [3.63, 3.8) is 0 Å². The standard InChI is InChI=1S/C10H18F3O5PS2/c1-4-16-8(14)7-9(15,10(11,12)13)21-19(20,17-5-2)18-6-3/h15H,4-7H2,1-3H3. The van der Waals surface area contributed by atoms with Gasteiger partial charge in [0.25, 0.3) is 0 Å². The molecule has 0 bridgehead atoms. The molecule has 0 saturated carbocycles. The van der Waals surface area contributed by atoms with E-state index < -0.39 is 29.2 Å². The predicted molar refractivity (Wildman–Crippen MR) is 77.4 cm³/mol. The summed E-state index contributed by atoms with van der Waals surface area (Å²) in [6.07, 6.45) is -6.38. The van der Waals surface area contributed by atoms with Gasteiger partial charge in [-0.3, -0.25) is 4.79 Å². The lowest BCUT2D eigenvalue weighted by atomic mass is 10.2. The van der Waals surface area contributed by atoms with Gasteiger partial charge in [-0.1, -0.05) is 0 Å². The van der Waals surface area contributed by atoms with Crippen molar-refractivity contribution in [1.82, 2.24) is 0 Å². The fourth-order valence-corrected chi connectivity index (χ4v) is 6.96. The van der Waals surface area contributed by atoms with Crippen molar-refractivity contribution in [2.24, 2.45) is 0 Å². The fourth-order valence-electron chi connectivity index (χ4n) is 1.18. The van der Waals surface area contributed by atoms with Gasteiger partial charge in [0.2, 0.25) is 10.6 Å². The van der Waals surface area contributed by atoms with Crippen LogP contribution >= 0.6 is 17.1 Å². The second kappa shape index (κ2) is 8.69. The molecule has 1 atom stereocenters. The first-order chi connectivity index (χ1) is 9.53. The average molecular weight is 370 g/mol. The van der Waals surface area contributed by atoms with E-state index in [0.717, 1.165) is 0 Å². The molecule has 0 fully saturated rings. The highest BCUT2D eigenvalue weighted by molar-refractivity contribution is 8.68. The van der Waals surface area contributed by atoms with E-state index in [1.165, 1.54) is 6.92 Å². The van der Waals surface area contributed by atoms with Crippen molar-refractivity contribution < 1.29 is 36.9 Å². The molecule has 5 nitrogen and oxygen atoms in total. The maximum Gasteiger partial charge on any atom is 0.427 e. The zero-order valence-electron chi connectivity index (χ0n) is 11.8. The zero-order chi connectivity index (χ0) is 16.7. The number of halogens is 3. The van der Waals surface area contributed by atoms with E-state index in [1.54, 1.807) is 13.8 Å². The molecule has 0 rings (SSSR count). The Kier molecular flexibility index (Phi) is 8.75. The number of carbonyl (C=O) groups excluding carboxylic acids is 1. The van der Waals surface area contributed by atoms with Crippen molar-refractivity contribution in [3.8, 4) is 0 Å². The molecule has 0 aliphatic carbocycles. The molecule has 0 aliphatic heterocycles. The summed E-state index contributed by atoms with van der Waals surface area (Å²) in [6, 6.07) is 0. The smallest absolute Gasteiger partial charge is 0.427 e. The maximum absolute atomic E-state index is 13.1. The molecule has 0 aromatic heterocycles. The van der Waals surface area contributed by atoms with Crippen LogP contribution in [0.1, 0.15) is 27.2 Å². The summed E-state index contributed by atoms with van der Waals surface area (Å²) in [5.74, 6) is -1.18. The molecule has 0 amide bonds. The lowest BCUT2D eigenvalue weighted by Crippen LogP contribution is -2.44. The summed E-state index contributed by atoms with van der Waals surface area (Å²) in [5, 5.41) is 9.87. The zero-order valence-corrected chi connectivity index (χ0v) is 14.3. The highest BCUT2D eigenvalue weighted by atomic mass is 32.9. The summed E-state index contributed by atoms with van der Waals surface area (Å²) in [6.45, 7) is 4.48. The predicted octanol–water partition coefficient (Wildman–Crippen LogP) is 3.22. The van der Waals surface area contributed by atoms with Crippen molar-refractivity contribution in [3.05, 3.63) is 0 Å². The van der Waals surface area contributed by atoms with Crippen LogP contribution in [0, 0.1) is 0 Å². The molecule has 0 radical (unpaired) electrons. The molecule has 0 saturated heterocycles. The van der Waals surface area contributed by atoms with E-state index in [4.69, 9.17) is 20.9 Å². The Labute approximate surface area is 130 Å². The monoisotopic (exact) mass is 370 g/mol. The van der Waals surface area contributed by atoms with Crippen LogP contribution in [0.25, 0.3) is 0 Å². The van der Waals surface area contributed by atoms with Gasteiger partial charge in [-0.25, -0.2) is 0 Å². The van der Waals surface area contributed by atoms with Gasteiger partial charge in [0.15, 0.2) is 0 Å². The number of aliphatic hydroxyl groups is 1. The lowest BCUT2D eigenvalue weighted by molar-refractivity contribution is -0.224. The quantitative estimate of drug-likeness (QED) is 0.380. The highest BCUT2D eigenvalue weighted by Gasteiger charge is 2.59. The van der Waals surface area contributed by atoms with Gasteiger partial charge < -0.3 is 18.9 Å². The third kappa shape index (κ3) is 6.83. The molecule has 0 aromatic rings. The minimum absolute atomic E-state index is 0.0254. The molecular formula is C10H18F3O5PS2. The van der Waals surface area contributed by atoms with E-state index >= 15 is 0 Å². The first-order valence-electron chi connectivity index (χ1n) is 6.08. The Morgan fingerprint density at radius 2 is 1.67 bits per heavy atom. The number of rotatable bonds is 9. The largest absolute Gasteiger partial charge is 0.466 e. The SMILES string of the molecule is CCOC(=O)CC(O)(SP(=S)(OCC)OCC)C(F)(F)F. The molecule has 1 unspecified atom stereocenters. The Balaban J connectivity index is 5.32. The van der Waals surface area contributed by atoms with E-state index in [-0.39, 0.29) is 31.2 Å². The highest BCUT2D eigenvalue weighted by Crippen LogP contribution is 2.68. The summed E-state index contributed by atoms with van der Waals surface area (Å²) in [4.78, 5) is 7.89. The van der Waals surface area contributed by atoms with Crippen LogP contribution in [0.4, 0.5) is 13.2 Å². The van der Waals surface area contributed by atoms with Crippen molar-refractivity contribution in [2.75, 3.05) is 19.8 Å². The van der Waals surface area contributed by atoms with Crippen molar-refractivity contribution >= 4 is 34.9 Å². The molecule has 126 valence electrons.